The molecule has 19 heteroatoms. The zero-order valence-corrected chi connectivity index (χ0v) is 31.9. The molecule has 2 saturated carbocycles. The van der Waals surface area contributed by atoms with Crippen LogP contribution in [-0.2, 0) is 25.2 Å². The number of alkyl halides is 3. The molecule has 0 spiro atoms. The third kappa shape index (κ3) is 10.6. The molecule has 5 rings (SSSR count). The van der Waals surface area contributed by atoms with Gasteiger partial charge in [-0.3, -0.25) is 19.1 Å². The summed E-state index contributed by atoms with van der Waals surface area (Å²) in [5, 5.41) is 12.1. The molecule has 3 amide bonds. The Morgan fingerprint density at radius 3 is 2.22 bits per heavy atom. The minimum Gasteiger partial charge on any atom is -0.454 e. The number of ether oxygens (including phenoxy) is 1. The summed E-state index contributed by atoms with van der Waals surface area (Å²) in [6.45, 7) is 6.69. The van der Waals surface area contributed by atoms with Crippen molar-refractivity contribution >= 4 is 56.9 Å². The third-order valence-electron chi connectivity index (χ3n) is 9.10. The summed E-state index contributed by atoms with van der Waals surface area (Å²) in [7, 11) is -3.98. The third-order valence-corrected chi connectivity index (χ3v) is 11.4. The number of carbonyl (C=O) groups excluding carboxylic acids is 3. The lowest BCUT2D eigenvalue weighted by atomic mass is 10.1. The number of hydrogen-bond acceptors (Lipinski definition) is 11. The van der Waals surface area contributed by atoms with Crippen LogP contribution < -0.4 is 30.7 Å². The molecule has 296 valence electrons. The van der Waals surface area contributed by atoms with Crippen LogP contribution in [0.2, 0.25) is 5.02 Å². The van der Waals surface area contributed by atoms with Gasteiger partial charge < -0.3 is 26.0 Å². The Bertz CT molecular complexity index is 2020. The fourth-order valence-corrected chi connectivity index (χ4v) is 6.39. The van der Waals surface area contributed by atoms with Crippen LogP contribution in [0.5, 0.6) is 6.01 Å². The number of nitrogens with one attached hydrogen (secondary N) is 5. The number of anilines is 3. The monoisotopic (exact) mass is 806 g/mol. The average molecular weight is 807 g/mol. The molecule has 5 N–H and O–H groups in total. The quantitative estimate of drug-likeness (QED) is 0.0853. The number of unbranched alkanes of at least 4 members (excludes halogenated alkanes) is 1. The van der Waals surface area contributed by atoms with Crippen molar-refractivity contribution in [1.82, 2.24) is 30.3 Å². The molecule has 2 aliphatic carbocycles. The summed E-state index contributed by atoms with van der Waals surface area (Å²) in [6.07, 6.45) is -0.565. The van der Waals surface area contributed by atoms with Gasteiger partial charge in [0.05, 0.1) is 10.3 Å². The predicted molar refractivity (Wildman–Crippen MR) is 199 cm³/mol. The van der Waals surface area contributed by atoms with E-state index in [0.717, 1.165) is 18.4 Å². The summed E-state index contributed by atoms with van der Waals surface area (Å²) in [5.41, 5.74) is -0.256. The van der Waals surface area contributed by atoms with Gasteiger partial charge in [0.15, 0.2) is 6.61 Å². The van der Waals surface area contributed by atoms with Crippen LogP contribution in [0, 0.1) is 5.92 Å². The van der Waals surface area contributed by atoms with Gasteiger partial charge in [0.2, 0.25) is 27.8 Å². The lowest BCUT2D eigenvalue weighted by Gasteiger charge is -2.23. The van der Waals surface area contributed by atoms with E-state index < -0.39 is 62.4 Å². The van der Waals surface area contributed by atoms with E-state index in [1.165, 1.54) is 39.0 Å². The van der Waals surface area contributed by atoms with Crippen LogP contribution in [-0.4, -0.2) is 70.7 Å². The molecule has 1 heterocycles. The molecule has 1 aromatic heterocycles. The highest BCUT2D eigenvalue weighted by atomic mass is 35.5. The number of carbonyl (C=O) groups is 3. The number of hydrogen-bond donors (Lipinski definition) is 5. The van der Waals surface area contributed by atoms with Gasteiger partial charge in [0, 0.05) is 35.2 Å². The van der Waals surface area contributed by atoms with Crippen molar-refractivity contribution in [2.45, 2.75) is 81.3 Å². The number of rotatable bonds is 17. The highest BCUT2D eigenvalue weighted by molar-refractivity contribution is 7.91. The Labute approximate surface area is 321 Å². The van der Waals surface area contributed by atoms with E-state index in [2.05, 4.69) is 47.5 Å². The molecule has 14 nitrogen and oxygen atoms in total. The first-order chi connectivity index (χ1) is 25.7. The molecule has 2 aromatic carbocycles. The number of halogens is 4. The minimum atomic E-state index is -4.62. The van der Waals surface area contributed by atoms with Gasteiger partial charge in [-0.15, -0.1) is 6.58 Å². The highest BCUT2D eigenvalue weighted by Crippen LogP contribution is 2.48. The van der Waals surface area contributed by atoms with Crippen LogP contribution in [0.1, 0.15) is 75.2 Å². The van der Waals surface area contributed by atoms with Gasteiger partial charge in [-0.1, -0.05) is 29.8 Å². The second kappa shape index (κ2) is 16.0. The maximum Gasteiger partial charge on any atom is 0.422 e. The molecule has 0 radical (unpaired) electrons. The van der Waals surface area contributed by atoms with Crippen molar-refractivity contribution in [2.24, 2.45) is 5.92 Å². The molecule has 2 fully saturated rings. The van der Waals surface area contributed by atoms with Gasteiger partial charge in [-0.2, -0.15) is 28.1 Å². The molecule has 2 aliphatic rings. The van der Waals surface area contributed by atoms with E-state index in [9.17, 15) is 36.0 Å². The van der Waals surface area contributed by atoms with Crippen LogP contribution in [0.25, 0.3) is 0 Å². The Morgan fingerprint density at radius 1 is 0.982 bits per heavy atom. The number of nitrogens with zero attached hydrogens (tertiary/aromatic N) is 3. The lowest BCUT2D eigenvalue weighted by Crippen LogP contribution is -2.54. The molecular weight excluding hydrogens is 765 g/mol. The van der Waals surface area contributed by atoms with Crippen molar-refractivity contribution in [3.8, 4) is 6.01 Å². The standard InChI is InChI=1S/C36H42ClF3N8O6S/c1-5-23-20-35(23,29(51)48-55(52,53)33(2,3)4)46-27(49)8-6-7-19-41-28(50)22-9-15-26(16-10-22)42-30-43-31(45-32(44-30)54-21-36(38,39)40)47-34(17-18-34)24-11-13-25(37)14-12-24/h5,9-16,23H,1,6-8,17-21H2,2-4H3,(H,41,50)(H,46,49)(H,48,51)(H2,42,43,44,45,47)/t23-,35-/m1/s1. The largest absolute Gasteiger partial charge is 0.454 e. The maximum atomic E-state index is 12.9. The average Bonchev–Trinajstić information content (AvgIpc) is 4.03. The number of amides is 3. The van der Waals surface area contributed by atoms with Gasteiger partial charge >= 0.3 is 12.2 Å². The maximum absolute atomic E-state index is 12.9. The molecular formula is C36H42ClF3N8O6S. The Kier molecular flexibility index (Phi) is 12.0. The second-order valence-corrected chi connectivity index (χ2v) is 17.3. The van der Waals surface area contributed by atoms with E-state index in [-0.39, 0.29) is 37.2 Å². The van der Waals surface area contributed by atoms with Gasteiger partial charge in [0.25, 0.3) is 11.8 Å². The van der Waals surface area contributed by atoms with Crippen LogP contribution in [0.4, 0.5) is 30.8 Å². The van der Waals surface area contributed by atoms with Gasteiger partial charge in [0.1, 0.15) is 5.54 Å². The SMILES string of the molecule is C=C[C@@H]1C[C@]1(NC(=O)CCCCNC(=O)c1ccc(Nc2nc(NC3(c4ccc(Cl)cc4)CC3)nc(OCC(F)(F)F)n2)cc1)C(=O)NS(=O)(=O)C(C)(C)C. The van der Waals surface area contributed by atoms with Crippen LogP contribution >= 0.6 is 11.6 Å². The number of sulfonamides is 1. The van der Waals surface area contributed by atoms with Crippen molar-refractivity contribution in [3.63, 3.8) is 0 Å². The zero-order chi connectivity index (χ0) is 40.2. The second-order valence-electron chi connectivity index (χ2n) is 14.4. The summed E-state index contributed by atoms with van der Waals surface area (Å²) < 4.78 is 69.5. The highest BCUT2D eigenvalue weighted by Gasteiger charge is 2.60. The van der Waals surface area contributed by atoms with E-state index in [1.807, 2.05) is 12.1 Å². The Morgan fingerprint density at radius 2 is 1.64 bits per heavy atom. The van der Waals surface area contributed by atoms with E-state index in [1.54, 1.807) is 24.3 Å². The fourth-order valence-electron chi connectivity index (χ4n) is 5.53. The summed E-state index contributed by atoms with van der Waals surface area (Å²) in [4.78, 5) is 50.8. The molecule has 55 heavy (non-hydrogen) atoms. The molecule has 0 saturated heterocycles. The van der Waals surface area contributed by atoms with Crippen molar-refractivity contribution in [3.05, 3.63) is 77.3 Å². The lowest BCUT2D eigenvalue weighted by molar-refractivity contribution is -0.154. The fraction of sp³-hybridized carbons (Fsp3) is 0.444. The minimum absolute atomic E-state index is 0.000607. The van der Waals surface area contributed by atoms with E-state index in [0.29, 0.717) is 29.1 Å². The molecule has 3 aromatic rings. The topological polar surface area (TPSA) is 193 Å². The van der Waals surface area contributed by atoms with Gasteiger partial charge in [-0.25, -0.2) is 8.42 Å². The summed E-state index contributed by atoms with van der Waals surface area (Å²) in [6, 6.07) is 12.8. The number of benzene rings is 2. The molecule has 2 atom stereocenters. The van der Waals surface area contributed by atoms with Crippen molar-refractivity contribution < 1.29 is 40.7 Å². The Hall–Kier alpha value is -4.97. The normalized spacial score (nSPS) is 18.7. The first-order valence-electron chi connectivity index (χ1n) is 17.4. The molecule has 0 unspecified atom stereocenters. The first-order valence-corrected chi connectivity index (χ1v) is 19.3. The molecule has 0 aliphatic heterocycles. The Balaban J connectivity index is 1.12. The smallest absolute Gasteiger partial charge is 0.422 e. The number of aromatic nitrogens is 3. The zero-order valence-electron chi connectivity index (χ0n) is 30.3. The van der Waals surface area contributed by atoms with Crippen molar-refractivity contribution in [1.29, 1.82) is 0 Å². The molecule has 0 bridgehead atoms. The first kappa shape index (κ1) is 41.2. The van der Waals surface area contributed by atoms with E-state index >= 15 is 0 Å². The van der Waals surface area contributed by atoms with Crippen molar-refractivity contribution in [2.75, 3.05) is 23.8 Å². The van der Waals surface area contributed by atoms with Gasteiger partial charge in [-0.05, 0) is 94.8 Å². The van der Waals surface area contributed by atoms with Crippen LogP contribution in [0.3, 0.4) is 0 Å². The summed E-state index contributed by atoms with van der Waals surface area (Å²) in [5.74, 6) is -2.12. The van der Waals surface area contributed by atoms with Crippen LogP contribution in [0.15, 0.2) is 61.2 Å². The van der Waals surface area contributed by atoms with E-state index in [4.69, 9.17) is 16.3 Å². The summed E-state index contributed by atoms with van der Waals surface area (Å²) >= 11 is 6.03. The predicted octanol–water partition coefficient (Wildman–Crippen LogP) is 5.52.